The molecule has 1 aromatic rings. The van der Waals surface area contributed by atoms with Gasteiger partial charge in [-0.05, 0) is 30.7 Å². The van der Waals surface area contributed by atoms with E-state index < -0.39 is 0 Å². The van der Waals surface area contributed by atoms with Gasteiger partial charge in [-0.15, -0.1) is 0 Å². The van der Waals surface area contributed by atoms with Crippen LogP contribution in [0.1, 0.15) is 5.56 Å². The Balaban J connectivity index is 2.01. The first-order chi connectivity index (χ1) is 9.24. The predicted octanol–water partition coefficient (Wildman–Crippen LogP) is 2.82. The number of methoxy groups -OCH3 is 1. The van der Waals surface area contributed by atoms with Gasteiger partial charge in [0.25, 0.3) is 0 Å². The average molecular weight is 333 g/mol. The lowest BCUT2D eigenvalue weighted by Crippen LogP contribution is -2.12. The van der Waals surface area contributed by atoms with E-state index in [9.17, 15) is 0 Å². The van der Waals surface area contributed by atoms with Crippen LogP contribution < -0.4 is 4.74 Å². The average Bonchev–Trinajstić information content (AvgIpc) is 2.39. The summed E-state index contributed by atoms with van der Waals surface area (Å²) in [7, 11) is 1.65. The Labute approximate surface area is 123 Å². The molecule has 0 bridgehead atoms. The smallest absolute Gasteiger partial charge is 0.122 e. The number of halogens is 1. The van der Waals surface area contributed by atoms with Crippen LogP contribution in [0.4, 0.5) is 0 Å². The van der Waals surface area contributed by atoms with Crippen LogP contribution >= 0.6 is 15.9 Å². The first kappa shape index (κ1) is 16.4. The van der Waals surface area contributed by atoms with E-state index in [1.165, 1.54) is 0 Å². The van der Waals surface area contributed by atoms with E-state index in [0.29, 0.717) is 39.6 Å². The van der Waals surface area contributed by atoms with Crippen molar-refractivity contribution in [1.29, 1.82) is 0 Å². The molecule has 0 unspecified atom stereocenters. The standard InChI is InChI=1S/C14H21BrO4/c1-12-11-13(15)3-4-14(12)19-10-9-18-8-7-17-6-5-16-2/h3-4,11H,5-10H2,1-2H3. The second-order valence-corrected chi connectivity index (χ2v) is 4.89. The van der Waals surface area contributed by atoms with Crippen LogP contribution in [0.2, 0.25) is 0 Å². The van der Waals surface area contributed by atoms with Gasteiger partial charge in [0.2, 0.25) is 0 Å². The van der Waals surface area contributed by atoms with Crippen LogP contribution in [0, 0.1) is 6.92 Å². The fraction of sp³-hybridized carbons (Fsp3) is 0.571. The van der Waals surface area contributed by atoms with Crippen LogP contribution in [-0.4, -0.2) is 46.8 Å². The van der Waals surface area contributed by atoms with Gasteiger partial charge in [-0.25, -0.2) is 0 Å². The minimum absolute atomic E-state index is 0.542. The zero-order valence-corrected chi connectivity index (χ0v) is 13.1. The summed E-state index contributed by atoms with van der Waals surface area (Å²) < 4.78 is 22.2. The normalized spacial score (nSPS) is 10.7. The van der Waals surface area contributed by atoms with E-state index in [1.807, 2.05) is 25.1 Å². The van der Waals surface area contributed by atoms with Crippen molar-refractivity contribution in [3.8, 4) is 5.75 Å². The molecule has 0 aliphatic carbocycles. The fourth-order valence-corrected chi connectivity index (χ4v) is 1.93. The van der Waals surface area contributed by atoms with Crippen LogP contribution in [-0.2, 0) is 14.2 Å². The van der Waals surface area contributed by atoms with Crippen molar-refractivity contribution in [3.63, 3.8) is 0 Å². The Morgan fingerprint density at radius 2 is 1.58 bits per heavy atom. The largest absolute Gasteiger partial charge is 0.491 e. The summed E-state index contributed by atoms with van der Waals surface area (Å²) in [6.45, 7) is 5.50. The van der Waals surface area contributed by atoms with E-state index in [2.05, 4.69) is 15.9 Å². The van der Waals surface area contributed by atoms with Crippen molar-refractivity contribution < 1.29 is 18.9 Å². The minimum atomic E-state index is 0.542. The first-order valence-corrected chi connectivity index (χ1v) is 7.06. The molecule has 0 aliphatic rings. The molecule has 0 spiro atoms. The maximum Gasteiger partial charge on any atom is 0.122 e. The number of hydrogen-bond donors (Lipinski definition) is 0. The first-order valence-electron chi connectivity index (χ1n) is 6.27. The Hall–Kier alpha value is -0.620. The lowest BCUT2D eigenvalue weighted by Gasteiger charge is -2.10. The molecule has 0 fully saturated rings. The molecule has 5 heteroatoms. The molecule has 1 aromatic carbocycles. The zero-order valence-electron chi connectivity index (χ0n) is 11.5. The molecule has 1 rings (SSSR count). The van der Waals surface area contributed by atoms with Gasteiger partial charge in [0, 0.05) is 11.6 Å². The van der Waals surface area contributed by atoms with Gasteiger partial charge >= 0.3 is 0 Å². The molecule has 0 radical (unpaired) electrons. The summed E-state index contributed by atoms with van der Waals surface area (Å²) in [5.74, 6) is 0.892. The number of aryl methyl sites for hydroxylation is 1. The second kappa shape index (κ2) is 10.2. The van der Waals surface area contributed by atoms with Crippen LogP contribution in [0.5, 0.6) is 5.75 Å². The fourth-order valence-electron chi connectivity index (χ4n) is 1.45. The molecule has 0 amide bonds. The third-order valence-corrected chi connectivity index (χ3v) is 2.92. The molecular weight excluding hydrogens is 312 g/mol. The second-order valence-electron chi connectivity index (χ2n) is 3.98. The number of rotatable bonds is 10. The van der Waals surface area contributed by atoms with Crippen molar-refractivity contribution in [2.24, 2.45) is 0 Å². The molecule has 0 aromatic heterocycles. The van der Waals surface area contributed by atoms with Crippen molar-refractivity contribution in [3.05, 3.63) is 28.2 Å². The minimum Gasteiger partial charge on any atom is -0.491 e. The van der Waals surface area contributed by atoms with E-state index in [1.54, 1.807) is 7.11 Å². The van der Waals surface area contributed by atoms with Crippen LogP contribution in [0.3, 0.4) is 0 Å². The van der Waals surface area contributed by atoms with E-state index >= 15 is 0 Å². The summed E-state index contributed by atoms with van der Waals surface area (Å²) in [6.07, 6.45) is 0. The maximum atomic E-state index is 5.63. The van der Waals surface area contributed by atoms with Gasteiger partial charge in [0.1, 0.15) is 12.4 Å². The third-order valence-electron chi connectivity index (χ3n) is 2.43. The van der Waals surface area contributed by atoms with Gasteiger partial charge in [-0.3, -0.25) is 0 Å². The monoisotopic (exact) mass is 332 g/mol. The third kappa shape index (κ3) is 7.52. The quantitative estimate of drug-likeness (QED) is 0.617. The Morgan fingerprint density at radius 3 is 2.21 bits per heavy atom. The molecule has 19 heavy (non-hydrogen) atoms. The van der Waals surface area contributed by atoms with Gasteiger partial charge in [0.15, 0.2) is 0 Å². The van der Waals surface area contributed by atoms with E-state index in [0.717, 1.165) is 15.8 Å². The van der Waals surface area contributed by atoms with Crippen molar-refractivity contribution in [2.45, 2.75) is 6.92 Å². The van der Waals surface area contributed by atoms with Crippen molar-refractivity contribution in [1.82, 2.24) is 0 Å². The summed E-state index contributed by atoms with van der Waals surface area (Å²) in [6, 6.07) is 5.94. The zero-order chi connectivity index (χ0) is 13.9. The van der Waals surface area contributed by atoms with Crippen LogP contribution in [0.25, 0.3) is 0 Å². The predicted molar refractivity (Wildman–Crippen MR) is 77.9 cm³/mol. The van der Waals surface area contributed by atoms with Gasteiger partial charge in [-0.2, -0.15) is 0 Å². The van der Waals surface area contributed by atoms with Gasteiger partial charge < -0.3 is 18.9 Å². The molecule has 108 valence electrons. The van der Waals surface area contributed by atoms with E-state index in [4.69, 9.17) is 18.9 Å². The molecule has 4 nitrogen and oxygen atoms in total. The highest BCUT2D eigenvalue weighted by Crippen LogP contribution is 2.21. The van der Waals surface area contributed by atoms with E-state index in [-0.39, 0.29) is 0 Å². The highest BCUT2D eigenvalue weighted by atomic mass is 79.9. The summed E-state index contributed by atoms with van der Waals surface area (Å²) in [4.78, 5) is 0. The highest BCUT2D eigenvalue weighted by molar-refractivity contribution is 9.10. The Morgan fingerprint density at radius 1 is 0.947 bits per heavy atom. The molecule has 0 saturated heterocycles. The topological polar surface area (TPSA) is 36.9 Å². The Kier molecular flexibility index (Phi) is 8.82. The lowest BCUT2D eigenvalue weighted by atomic mass is 10.2. The summed E-state index contributed by atoms with van der Waals surface area (Å²) in [5.41, 5.74) is 1.11. The van der Waals surface area contributed by atoms with Crippen LogP contribution in [0.15, 0.2) is 22.7 Å². The number of hydrogen-bond acceptors (Lipinski definition) is 4. The van der Waals surface area contributed by atoms with Gasteiger partial charge in [0.05, 0.1) is 33.0 Å². The lowest BCUT2D eigenvalue weighted by molar-refractivity contribution is 0.0179. The summed E-state index contributed by atoms with van der Waals surface area (Å²) in [5, 5.41) is 0. The highest BCUT2D eigenvalue weighted by Gasteiger charge is 1.99. The number of ether oxygens (including phenoxy) is 4. The van der Waals surface area contributed by atoms with Gasteiger partial charge in [-0.1, -0.05) is 15.9 Å². The molecule has 0 aliphatic heterocycles. The molecule has 0 saturated carbocycles. The van der Waals surface area contributed by atoms with Crippen molar-refractivity contribution in [2.75, 3.05) is 46.8 Å². The van der Waals surface area contributed by atoms with Crippen molar-refractivity contribution >= 4 is 15.9 Å². The molecular formula is C14H21BrO4. The number of benzene rings is 1. The molecule has 0 atom stereocenters. The Bertz CT molecular complexity index is 357. The molecule has 0 heterocycles. The SMILES string of the molecule is COCCOCCOCCOc1ccc(Br)cc1C. The molecule has 0 N–H and O–H groups in total. The summed E-state index contributed by atoms with van der Waals surface area (Å²) >= 11 is 3.42. The maximum absolute atomic E-state index is 5.63.